The Kier molecular flexibility index (Phi) is 5.93. The summed E-state index contributed by atoms with van der Waals surface area (Å²) in [6.07, 6.45) is -3.22. The van der Waals surface area contributed by atoms with Crippen molar-refractivity contribution in [1.82, 2.24) is 19.0 Å². The van der Waals surface area contributed by atoms with Gasteiger partial charge in [0.05, 0.1) is 17.3 Å². The van der Waals surface area contributed by atoms with Crippen LogP contribution in [-0.2, 0) is 22.9 Å². The van der Waals surface area contributed by atoms with Crippen LogP contribution in [0.3, 0.4) is 0 Å². The second-order valence-corrected chi connectivity index (χ2v) is 10.4. The molecule has 0 spiro atoms. The summed E-state index contributed by atoms with van der Waals surface area (Å²) in [6.45, 7) is 4.38. The molecule has 1 aliphatic carbocycles. The first kappa shape index (κ1) is 22.9. The number of aromatic nitrogens is 2. The Balaban J connectivity index is 1.51. The fraction of sp³-hybridized carbons (Fsp3) is 0.524. The van der Waals surface area contributed by atoms with E-state index < -0.39 is 27.3 Å². The third-order valence-corrected chi connectivity index (χ3v) is 7.96. The molecule has 0 N–H and O–H groups in total. The number of sulfonamides is 1. The predicted molar refractivity (Wildman–Crippen MR) is 112 cm³/mol. The molecular weight excluding hydrogens is 445 g/mol. The predicted octanol–water partition coefficient (Wildman–Crippen LogP) is 2.72. The molecular formula is C21H25F3N4O3S. The van der Waals surface area contributed by atoms with Gasteiger partial charge in [0.2, 0.25) is 10.0 Å². The fourth-order valence-electron chi connectivity index (χ4n) is 3.86. The molecule has 1 aromatic heterocycles. The number of rotatable bonds is 5. The van der Waals surface area contributed by atoms with Gasteiger partial charge in [0, 0.05) is 32.1 Å². The number of hydrogen-bond acceptors (Lipinski definition) is 5. The standard InChI is InChI=1S/C21H25F3N4O3S/c1-14-3-4-15(2)19(11-14)32(30,31)27-9-7-26(8-10-27)13-28-20(29)17(21(22,23)24)12-18(25-28)16-5-6-16/h3-4,11-12,16H,5-10,13H2,1-2H3. The molecule has 4 rings (SSSR count). The minimum absolute atomic E-state index is 0.0393. The van der Waals surface area contributed by atoms with Gasteiger partial charge < -0.3 is 0 Å². The van der Waals surface area contributed by atoms with Gasteiger partial charge in [0.15, 0.2) is 0 Å². The van der Waals surface area contributed by atoms with Gasteiger partial charge in [-0.1, -0.05) is 12.1 Å². The van der Waals surface area contributed by atoms with Gasteiger partial charge in [-0.3, -0.25) is 9.69 Å². The number of alkyl halides is 3. The lowest BCUT2D eigenvalue weighted by molar-refractivity contribution is -0.139. The summed E-state index contributed by atoms with van der Waals surface area (Å²) in [6, 6.07) is 6.12. The van der Waals surface area contributed by atoms with Gasteiger partial charge in [-0.15, -0.1) is 0 Å². The number of nitrogens with zero attached hydrogens (tertiary/aromatic N) is 4. The summed E-state index contributed by atoms with van der Waals surface area (Å²) >= 11 is 0. The van der Waals surface area contributed by atoms with E-state index in [-0.39, 0.29) is 49.4 Å². The van der Waals surface area contributed by atoms with Gasteiger partial charge in [-0.2, -0.15) is 22.6 Å². The first-order valence-corrected chi connectivity index (χ1v) is 11.9. The summed E-state index contributed by atoms with van der Waals surface area (Å²) in [5, 5.41) is 4.17. The van der Waals surface area contributed by atoms with E-state index in [1.165, 1.54) is 4.31 Å². The van der Waals surface area contributed by atoms with Crippen molar-refractivity contribution in [3.05, 3.63) is 57.0 Å². The van der Waals surface area contributed by atoms with Crippen molar-refractivity contribution >= 4 is 10.0 Å². The van der Waals surface area contributed by atoms with Gasteiger partial charge in [-0.05, 0) is 49.9 Å². The maximum absolute atomic E-state index is 13.3. The number of piperazine rings is 1. The first-order chi connectivity index (χ1) is 15.0. The molecule has 11 heteroatoms. The minimum atomic E-state index is -4.75. The third kappa shape index (κ3) is 4.60. The van der Waals surface area contributed by atoms with E-state index in [9.17, 15) is 26.4 Å². The van der Waals surface area contributed by atoms with E-state index >= 15 is 0 Å². The van der Waals surface area contributed by atoms with Crippen LogP contribution in [-0.4, -0.2) is 53.6 Å². The first-order valence-electron chi connectivity index (χ1n) is 10.5. The van der Waals surface area contributed by atoms with E-state index in [1.54, 1.807) is 24.0 Å². The molecule has 174 valence electrons. The van der Waals surface area contributed by atoms with Gasteiger partial charge in [0.1, 0.15) is 5.56 Å². The number of benzene rings is 1. The van der Waals surface area contributed by atoms with Crippen molar-refractivity contribution in [2.24, 2.45) is 0 Å². The summed E-state index contributed by atoms with van der Waals surface area (Å²) in [4.78, 5) is 14.4. The lowest BCUT2D eigenvalue weighted by atomic mass is 10.2. The van der Waals surface area contributed by atoms with Crippen LogP contribution in [0.15, 0.2) is 34.0 Å². The van der Waals surface area contributed by atoms with Gasteiger partial charge in [-0.25, -0.2) is 13.1 Å². The molecule has 7 nitrogen and oxygen atoms in total. The van der Waals surface area contributed by atoms with Crippen molar-refractivity contribution < 1.29 is 21.6 Å². The van der Waals surface area contributed by atoms with Crippen LogP contribution in [0.1, 0.15) is 41.1 Å². The lowest BCUT2D eigenvalue weighted by Gasteiger charge is -2.34. The molecule has 0 bridgehead atoms. The van der Waals surface area contributed by atoms with Crippen molar-refractivity contribution in [3.8, 4) is 0 Å². The molecule has 1 aliphatic heterocycles. The Labute approximate surface area is 184 Å². The Morgan fingerprint density at radius 1 is 1.06 bits per heavy atom. The highest BCUT2D eigenvalue weighted by atomic mass is 32.2. The quantitative estimate of drug-likeness (QED) is 0.672. The second-order valence-electron chi connectivity index (χ2n) is 8.49. The maximum atomic E-state index is 13.3. The van der Waals surface area contributed by atoms with Gasteiger partial charge >= 0.3 is 6.18 Å². The zero-order chi connectivity index (χ0) is 23.3. The summed E-state index contributed by atoms with van der Waals surface area (Å²) in [5.74, 6) is -0.0393. The largest absolute Gasteiger partial charge is 0.421 e. The highest BCUT2D eigenvalue weighted by molar-refractivity contribution is 7.89. The average Bonchev–Trinajstić information content (AvgIpc) is 3.56. The van der Waals surface area contributed by atoms with Crippen LogP contribution in [0, 0.1) is 13.8 Å². The van der Waals surface area contributed by atoms with Crippen molar-refractivity contribution in [3.63, 3.8) is 0 Å². The number of aryl methyl sites for hydroxylation is 2. The van der Waals surface area contributed by atoms with Crippen LogP contribution in [0.2, 0.25) is 0 Å². The fourth-order valence-corrected chi connectivity index (χ4v) is 5.60. The zero-order valence-electron chi connectivity index (χ0n) is 17.9. The van der Waals surface area contributed by atoms with E-state index in [2.05, 4.69) is 5.10 Å². The van der Waals surface area contributed by atoms with E-state index in [4.69, 9.17) is 0 Å². The molecule has 1 saturated heterocycles. The molecule has 1 saturated carbocycles. The van der Waals surface area contributed by atoms with E-state index in [0.29, 0.717) is 5.56 Å². The molecule has 1 aromatic carbocycles. The van der Waals surface area contributed by atoms with Gasteiger partial charge in [0.25, 0.3) is 5.56 Å². The molecule has 0 atom stereocenters. The molecule has 0 radical (unpaired) electrons. The van der Waals surface area contributed by atoms with Crippen molar-refractivity contribution in [2.75, 3.05) is 26.2 Å². The molecule has 2 heterocycles. The highest BCUT2D eigenvalue weighted by Crippen LogP contribution is 2.40. The Hall–Kier alpha value is -2.24. The van der Waals surface area contributed by atoms with Crippen molar-refractivity contribution in [2.45, 2.75) is 50.3 Å². The Bertz CT molecular complexity index is 1180. The smallest absolute Gasteiger partial charge is 0.282 e. The molecule has 32 heavy (non-hydrogen) atoms. The Morgan fingerprint density at radius 3 is 2.31 bits per heavy atom. The zero-order valence-corrected chi connectivity index (χ0v) is 18.7. The van der Waals surface area contributed by atoms with E-state index in [0.717, 1.165) is 29.2 Å². The second kappa shape index (κ2) is 8.27. The normalized spacial score (nSPS) is 18.8. The highest BCUT2D eigenvalue weighted by Gasteiger charge is 2.38. The average molecular weight is 471 g/mol. The van der Waals surface area contributed by atoms with E-state index in [1.807, 2.05) is 13.0 Å². The monoisotopic (exact) mass is 470 g/mol. The summed E-state index contributed by atoms with van der Waals surface area (Å²) in [7, 11) is -3.68. The maximum Gasteiger partial charge on any atom is 0.421 e. The van der Waals surface area contributed by atoms with Crippen LogP contribution < -0.4 is 5.56 Å². The minimum Gasteiger partial charge on any atom is -0.282 e. The summed E-state index contributed by atoms with van der Waals surface area (Å²) < 4.78 is 68.4. The molecule has 0 unspecified atom stereocenters. The molecule has 0 amide bonds. The Morgan fingerprint density at radius 2 is 1.72 bits per heavy atom. The van der Waals surface area contributed by atoms with Crippen LogP contribution >= 0.6 is 0 Å². The number of hydrogen-bond donors (Lipinski definition) is 0. The topological polar surface area (TPSA) is 75.5 Å². The lowest BCUT2D eigenvalue weighted by Crippen LogP contribution is -2.50. The summed E-state index contributed by atoms with van der Waals surface area (Å²) in [5.41, 5.74) is -0.592. The molecule has 2 aromatic rings. The third-order valence-electron chi connectivity index (χ3n) is 5.92. The van der Waals surface area contributed by atoms with Crippen LogP contribution in [0.25, 0.3) is 0 Å². The SMILES string of the molecule is Cc1ccc(C)c(S(=O)(=O)N2CCN(Cn3nc(C4CC4)cc(C(F)(F)F)c3=O)CC2)c1. The van der Waals surface area contributed by atoms with Crippen molar-refractivity contribution in [1.29, 1.82) is 0 Å². The van der Waals surface area contributed by atoms with Crippen LogP contribution in [0.4, 0.5) is 13.2 Å². The molecule has 2 aliphatic rings. The molecule has 2 fully saturated rings. The van der Waals surface area contributed by atoms with Crippen LogP contribution in [0.5, 0.6) is 0 Å². The number of halogens is 3.